The lowest BCUT2D eigenvalue weighted by Crippen LogP contribution is -2.07. The van der Waals surface area contributed by atoms with Crippen LogP contribution >= 0.6 is 0 Å². The normalized spacial score (nSPS) is 10.2. The highest BCUT2D eigenvalue weighted by Crippen LogP contribution is 2.23. The van der Waals surface area contributed by atoms with Gasteiger partial charge in [-0.2, -0.15) is 0 Å². The molecule has 1 N–H and O–H groups in total. The maximum absolute atomic E-state index is 13.7. The Labute approximate surface area is 108 Å². The molecule has 1 aromatic carbocycles. The van der Waals surface area contributed by atoms with Gasteiger partial charge < -0.3 is 9.84 Å². The molecule has 2 aromatic rings. The van der Waals surface area contributed by atoms with Crippen LogP contribution in [0.5, 0.6) is 5.75 Å². The van der Waals surface area contributed by atoms with Gasteiger partial charge in [-0.1, -0.05) is 0 Å². The van der Waals surface area contributed by atoms with Crippen LogP contribution in [0.2, 0.25) is 0 Å². The minimum Gasteiger partial charge on any atom is -0.508 e. The minimum absolute atomic E-state index is 0.0307. The molecule has 0 bridgehead atoms. The number of nitrogens with zero attached hydrogens (tertiary/aromatic N) is 2. The number of methoxy groups -OCH3 is 1. The number of ether oxygens (including phenoxy) is 1. The van der Waals surface area contributed by atoms with E-state index in [0.717, 1.165) is 6.07 Å². The Morgan fingerprint density at radius 2 is 2.21 bits per heavy atom. The molecule has 0 saturated carbocycles. The summed E-state index contributed by atoms with van der Waals surface area (Å²) in [5.74, 6) is -1.22. The molecule has 5 nitrogen and oxygen atoms in total. The summed E-state index contributed by atoms with van der Waals surface area (Å²) in [7, 11) is 1.28. The van der Waals surface area contributed by atoms with E-state index in [0.29, 0.717) is 11.4 Å². The molecule has 0 aliphatic heterocycles. The van der Waals surface area contributed by atoms with Crippen molar-refractivity contribution < 1.29 is 19.0 Å². The summed E-state index contributed by atoms with van der Waals surface area (Å²) in [5, 5.41) is 9.15. The summed E-state index contributed by atoms with van der Waals surface area (Å²) >= 11 is 0. The molecule has 6 heteroatoms. The van der Waals surface area contributed by atoms with Crippen molar-refractivity contribution in [3.8, 4) is 17.0 Å². The SMILES string of the molecule is COC(=O)Cc1cncc(-c2ccc(O)cc2F)n1. The van der Waals surface area contributed by atoms with Crippen LogP contribution in [0.3, 0.4) is 0 Å². The Bertz CT molecular complexity index is 617. The van der Waals surface area contributed by atoms with Gasteiger partial charge >= 0.3 is 5.97 Å². The largest absolute Gasteiger partial charge is 0.508 e. The third kappa shape index (κ3) is 3.04. The summed E-state index contributed by atoms with van der Waals surface area (Å²) in [4.78, 5) is 19.2. The number of rotatable bonds is 3. The molecule has 0 spiro atoms. The molecule has 0 saturated heterocycles. The average molecular weight is 262 g/mol. The van der Waals surface area contributed by atoms with Gasteiger partial charge in [-0.3, -0.25) is 9.78 Å². The van der Waals surface area contributed by atoms with Crippen LogP contribution in [0.15, 0.2) is 30.6 Å². The number of hydrogen-bond acceptors (Lipinski definition) is 5. The van der Waals surface area contributed by atoms with Crippen LogP contribution in [-0.2, 0) is 16.0 Å². The van der Waals surface area contributed by atoms with Crippen molar-refractivity contribution in [2.75, 3.05) is 7.11 Å². The molecule has 98 valence electrons. The first-order valence-corrected chi connectivity index (χ1v) is 5.47. The standard InChI is InChI=1S/C13H11FN2O3/c1-19-13(18)4-8-6-15-7-12(16-8)10-3-2-9(17)5-11(10)14/h2-3,5-7,17H,4H2,1H3. The average Bonchev–Trinajstić information content (AvgIpc) is 2.39. The van der Waals surface area contributed by atoms with Gasteiger partial charge in [-0.05, 0) is 12.1 Å². The van der Waals surface area contributed by atoms with Gasteiger partial charge in [0.2, 0.25) is 0 Å². The molecule has 2 rings (SSSR count). The number of hydrogen-bond donors (Lipinski definition) is 1. The van der Waals surface area contributed by atoms with Crippen molar-refractivity contribution in [3.63, 3.8) is 0 Å². The van der Waals surface area contributed by atoms with Crippen LogP contribution in [0.25, 0.3) is 11.3 Å². The Hall–Kier alpha value is -2.50. The molecule has 0 atom stereocenters. The molecular weight excluding hydrogens is 251 g/mol. The molecular formula is C13H11FN2O3. The summed E-state index contributed by atoms with van der Waals surface area (Å²) in [5.41, 5.74) is 0.882. The van der Waals surface area contributed by atoms with E-state index in [4.69, 9.17) is 5.11 Å². The zero-order valence-electron chi connectivity index (χ0n) is 10.1. The van der Waals surface area contributed by atoms with Crippen LogP contribution in [0.1, 0.15) is 5.69 Å². The lowest BCUT2D eigenvalue weighted by molar-refractivity contribution is -0.139. The van der Waals surface area contributed by atoms with E-state index < -0.39 is 11.8 Å². The zero-order chi connectivity index (χ0) is 13.8. The second kappa shape index (κ2) is 5.43. The summed E-state index contributed by atoms with van der Waals surface area (Å²) in [6.45, 7) is 0. The number of halogens is 1. The lowest BCUT2D eigenvalue weighted by atomic mass is 10.1. The van der Waals surface area contributed by atoms with Crippen molar-refractivity contribution >= 4 is 5.97 Å². The van der Waals surface area contributed by atoms with E-state index in [9.17, 15) is 9.18 Å². The predicted octanol–water partition coefficient (Wildman–Crippen LogP) is 1.70. The number of phenolic OH excluding ortho intramolecular Hbond substituents is 1. The Morgan fingerprint density at radius 3 is 2.89 bits per heavy atom. The molecule has 1 aromatic heterocycles. The highest BCUT2D eigenvalue weighted by atomic mass is 19.1. The van der Waals surface area contributed by atoms with Crippen molar-refractivity contribution in [2.24, 2.45) is 0 Å². The molecule has 0 aliphatic carbocycles. The van der Waals surface area contributed by atoms with E-state index in [2.05, 4.69) is 14.7 Å². The number of benzene rings is 1. The highest BCUT2D eigenvalue weighted by Gasteiger charge is 2.10. The molecule has 1 heterocycles. The van der Waals surface area contributed by atoms with Crippen molar-refractivity contribution in [1.82, 2.24) is 9.97 Å². The number of phenols is 1. The molecule has 0 fully saturated rings. The van der Waals surface area contributed by atoms with Gasteiger partial charge in [0.1, 0.15) is 11.6 Å². The summed E-state index contributed by atoms with van der Waals surface area (Å²) < 4.78 is 18.2. The predicted molar refractivity (Wildman–Crippen MR) is 64.8 cm³/mol. The van der Waals surface area contributed by atoms with Crippen LogP contribution in [0.4, 0.5) is 4.39 Å². The fourth-order valence-corrected chi connectivity index (χ4v) is 1.55. The van der Waals surface area contributed by atoms with Gasteiger partial charge in [0.15, 0.2) is 0 Å². The fraction of sp³-hybridized carbons (Fsp3) is 0.154. The topological polar surface area (TPSA) is 72.3 Å². The second-order valence-corrected chi connectivity index (χ2v) is 3.81. The van der Waals surface area contributed by atoms with E-state index in [1.165, 1.54) is 31.6 Å². The van der Waals surface area contributed by atoms with Gasteiger partial charge in [-0.15, -0.1) is 0 Å². The van der Waals surface area contributed by atoms with Crippen LogP contribution < -0.4 is 0 Å². The number of carbonyl (C=O) groups excluding carboxylic acids is 1. The van der Waals surface area contributed by atoms with Gasteiger partial charge in [0, 0.05) is 17.8 Å². The van der Waals surface area contributed by atoms with E-state index in [-0.39, 0.29) is 17.7 Å². The van der Waals surface area contributed by atoms with Crippen molar-refractivity contribution in [3.05, 3.63) is 42.1 Å². The van der Waals surface area contributed by atoms with E-state index >= 15 is 0 Å². The third-order valence-electron chi connectivity index (χ3n) is 2.47. The molecule has 0 amide bonds. The summed E-state index contributed by atoms with van der Waals surface area (Å²) in [6, 6.07) is 3.74. The highest BCUT2D eigenvalue weighted by molar-refractivity contribution is 5.72. The van der Waals surface area contributed by atoms with E-state index in [1.807, 2.05) is 0 Å². The maximum atomic E-state index is 13.7. The van der Waals surface area contributed by atoms with E-state index in [1.54, 1.807) is 0 Å². The van der Waals surface area contributed by atoms with Crippen LogP contribution in [0, 0.1) is 5.82 Å². The first-order valence-electron chi connectivity index (χ1n) is 5.47. The second-order valence-electron chi connectivity index (χ2n) is 3.81. The van der Waals surface area contributed by atoms with Gasteiger partial charge in [0.25, 0.3) is 0 Å². The van der Waals surface area contributed by atoms with Crippen molar-refractivity contribution in [2.45, 2.75) is 6.42 Å². The number of carbonyl (C=O) groups is 1. The number of aromatic hydroxyl groups is 1. The number of esters is 1. The van der Waals surface area contributed by atoms with Crippen molar-refractivity contribution in [1.29, 1.82) is 0 Å². The van der Waals surface area contributed by atoms with Crippen LogP contribution in [-0.4, -0.2) is 28.2 Å². The first-order chi connectivity index (χ1) is 9.10. The van der Waals surface area contributed by atoms with Gasteiger partial charge in [-0.25, -0.2) is 9.37 Å². The number of aromatic nitrogens is 2. The lowest BCUT2D eigenvalue weighted by Gasteiger charge is -2.05. The molecule has 0 unspecified atom stereocenters. The Kier molecular flexibility index (Phi) is 3.70. The summed E-state index contributed by atoms with van der Waals surface area (Å²) in [6.07, 6.45) is 2.77. The third-order valence-corrected chi connectivity index (χ3v) is 2.47. The Balaban J connectivity index is 2.35. The van der Waals surface area contributed by atoms with Gasteiger partial charge in [0.05, 0.1) is 31.1 Å². The quantitative estimate of drug-likeness (QED) is 0.852. The maximum Gasteiger partial charge on any atom is 0.311 e. The molecule has 0 radical (unpaired) electrons. The molecule has 19 heavy (non-hydrogen) atoms. The first kappa shape index (κ1) is 12.9. The zero-order valence-corrected chi connectivity index (χ0v) is 10.1. The fourth-order valence-electron chi connectivity index (χ4n) is 1.55. The Morgan fingerprint density at radius 1 is 1.42 bits per heavy atom. The molecule has 0 aliphatic rings. The minimum atomic E-state index is -0.607. The monoisotopic (exact) mass is 262 g/mol. The smallest absolute Gasteiger partial charge is 0.311 e.